The molecule has 0 bridgehead atoms. The van der Waals surface area contributed by atoms with E-state index in [9.17, 15) is 4.79 Å². The van der Waals surface area contributed by atoms with E-state index < -0.39 is 0 Å². The fourth-order valence-electron chi connectivity index (χ4n) is 1.38. The van der Waals surface area contributed by atoms with Gasteiger partial charge in [-0.2, -0.15) is 11.8 Å². The summed E-state index contributed by atoms with van der Waals surface area (Å²) in [6.45, 7) is 0.0512. The molecule has 0 spiro atoms. The van der Waals surface area contributed by atoms with Gasteiger partial charge in [0.25, 0.3) is 5.91 Å². The van der Waals surface area contributed by atoms with Crippen LogP contribution in [-0.4, -0.2) is 40.7 Å². The van der Waals surface area contributed by atoms with Crippen molar-refractivity contribution in [3.05, 3.63) is 29.0 Å². The SMILES string of the molecule is CSC[C@@H](CCO)NC(=O)c1ccncc1Cl. The number of halogens is 1. The van der Waals surface area contributed by atoms with Crippen LogP contribution in [0.3, 0.4) is 0 Å². The third-order valence-electron chi connectivity index (χ3n) is 2.20. The van der Waals surface area contributed by atoms with E-state index in [1.165, 1.54) is 12.4 Å². The molecule has 94 valence electrons. The Morgan fingerprint density at radius 3 is 3.06 bits per heavy atom. The number of rotatable bonds is 6. The Balaban J connectivity index is 2.67. The summed E-state index contributed by atoms with van der Waals surface area (Å²) in [5.41, 5.74) is 0.408. The van der Waals surface area contributed by atoms with Crippen LogP contribution in [0.4, 0.5) is 0 Å². The molecule has 6 heteroatoms. The van der Waals surface area contributed by atoms with Crippen LogP contribution >= 0.6 is 23.4 Å². The summed E-state index contributed by atoms with van der Waals surface area (Å²) in [5, 5.41) is 12.1. The molecule has 1 rings (SSSR count). The fraction of sp³-hybridized carbons (Fsp3) is 0.455. The highest BCUT2D eigenvalue weighted by atomic mass is 35.5. The van der Waals surface area contributed by atoms with Crippen LogP contribution in [-0.2, 0) is 0 Å². The number of carbonyl (C=O) groups excluding carboxylic acids is 1. The molecule has 0 saturated carbocycles. The average Bonchev–Trinajstić information content (AvgIpc) is 2.30. The number of aliphatic hydroxyl groups excluding tert-OH is 1. The number of hydrogen-bond acceptors (Lipinski definition) is 4. The minimum atomic E-state index is -0.232. The quantitative estimate of drug-likeness (QED) is 0.827. The first-order valence-electron chi connectivity index (χ1n) is 5.19. The van der Waals surface area contributed by atoms with Crippen molar-refractivity contribution >= 4 is 29.3 Å². The summed E-state index contributed by atoms with van der Waals surface area (Å²) < 4.78 is 0. The molecule has 2 N–H and O–H groups in total. The Labute approximate surface area is 110 Å². The highest BCUT2D eigenvalue weighted by molar-refractivity contribution is 7.98. The average molecular weight is 275 g/mol. The van der Waals surface area contributed by atoms with Gasteiger partial charge in [-0.15, -0.1) is 0 Å². The van der Waals surface area contributed by atoms with Gasteiger partial charge < -0.3 is 10.4 Å². The lowest BCUT2D eigenvalue weighted by molar-refractivity contribution is 0.0935. The second kappa shape index (κ2) is 7.53. The van der Waals surface area contributed by atoms with Crippen LogP contribution in [0.1, 0.15) is 16.8 Å². The highest BCUT2D eigenvalue weighted by Crippen LogP contribution is 2.13. The van der Waals surface area contributed by atoms with E-state index in [2.05, 4.69) is 10.3 Å². The summed E-state index contributed by atoms with van der Waals surface area (Å²) in [4.78, 5) is 15.7. The molecule has 0 aliphatic heterocycles. The van der Waals surface area contributed by atoms with E-state index in [-0.39, 0.29) is 18.6 Å². The smallest absolute Gasteiger partial charge is 0.253 e. The van der Waals surface area contributed by atoms with E-state index in [0.29, 0.717) is 17.0 Å². The number of thioether (sulfide) groups is 1. The van der Waals surface area contributed by atoms with Crippen molar-refractivity contribution < 1.29 is 9.90 Å². The lowest BCUT2D eigenvalue weighted by Crippen LogP contribution is -2.37. The molecule has 1 heterocycles. The Kier molecular flexibility index (Phi) is 6.32. The van der Waals surface area contributed by atoms with Crippen molar-refractivity contribution in [3.8, 4) is 0 Å². The molecule has 0 unspecified atom stereocenters. The first-order chi connectivity index (χ1) is 8.19. The zero-order valence-electron chi connectivity index (χ0n) is 9.52. The van der Waals surface area contributed by atoms with E-state index >= 15 is 0 Å². The molecule has 0 saturated heterocycles. The monoisotopic (exact) mass is 274 g/mol. The van der Waals surface area contributed by atoms with Crippen LogP contribution in [0.2, 0.25) is 5.02 Å². The molecular weight excluding hydrogens is 260 g/mol. The van der Waals surface area contributed by atoms with Crippen LogP contribution < -0.4 is 5.32 Å². The van der Waals surface area contributed by atoms with Crippen LogP contribution in [0.15, 0.2) is 18.5 Å². The van der Waals surface area contributed by atoms with Gasteiger partial charge in [-0.1, -0.05) is 11.6 Å². The first kappa shape index (κ1) is 14.3. The lowest BCUT2D eigenvalue weighted by atomic mass is 10.2. The van der Waals surface area contributed by atoms with Crippen molar-refractivity contribution in [2.75, 3.05) is 18.6 Å². The standard InChI is InChI=1S/C11H15ClN2O2S/c1-17-7-8(3-5-15)14-11(16)9-2-4-13-6-10(9)12/h2,4,6,8,15H,3,5,7H2,1H3,(H,14,16)/t8-/m1/s1. The van der Waals surface area contributed by atoms with E-state index in [1.807, 2.05) is 6.26 Å². The molecule has 1 aromatic heterocycles. The second-order valence-corrected chi connectivity index (χ2v) is 4.81. The molecule has 17 heavy (non-hydrogen) atoms. The third kappa shape index (κ3) is 4.53. The largest absolute Gasteiger partial charge is 0.396 e. The number of aromatic nitrogens is 1. The van der Waals surface area contributed by atoms with Gasteiger partial charge in [0, 0.05) is 30.8 Å². The molecular formula is C11H15ClN2O2S. The zero-order valence-corrected chi connectivity index (χ0v) is 11.1. The second-order valence-electron chi connectivity index (χ2n) is 3.49. The topological polar surface area (TPSA) is 62.2 Å². The fourth-order valence-corrected chi connectivity index (χ4v) is 2.23. The van der Waals surface area contributed by atoms with Crippen LogP contribution in [0.25, 0.3) is 0 Å². The molecule has 1 aromatic rings. The van der Waals surface area contributed by atoms with Crippen molar-refractivity contribution in [2.45, 2.75) is 12.5 Å². The summed E-state index contributed by atoms with van der Waals surface area (Å²) in [5.74, 6) is 0.527. The predicted molar refractivity (Wildman–Crippen MR) is 70.6 cm³/mol. The van der Waals surface area contributed by atoms with Crippen LogP contribution in [0.5, 0.6) is 0 Å². The minimum Gasteiger partial charge on any atom is -0.396 e. The number of pyridine rings is 1. The molecule has 1 atom stereocenters. The molecule has 0 radical (unpaired) electrons. The van der Waals surface area contributed by atoms with Crippen molar-refractivity contribution in [3.63, 3.8) is 0 Å². The number of carbonyl (C=O) groups is 1. The van der Waals surface area contributed by atoms with E-state index in [1.54, 1.807) is 17.8 Å². The minimum absolute atomic E-state index is 0.0493. The predicted octanol–water partition coefficient (Wildman–Crippen LogP) is 1.58. The number of nitrogens with zero attached hydrogens (tertiary/aromatic N) is 1. The van der Waals surface area contributed by atoms with E-state index in [0.717, 1.165) is 5.75 Å². The molecule has 0 aliphatic carbocycles. The maximum absolute atomic E-state index is 11.9. The Morgan fingerprint density at radius 1 is 1.71 bits per heavy atom. The van der Waals surface area contributed by atoms with Gasteiger partial charge in [0.05, 0.1) is 10.6 Å². The van der Waals surface area contributed by atoms with Gasteiger partial charge in [-0.25, -0.2) is 0 Å². The summed E-state index contributed by atoms with van der Waals surface area (Å²) in [6, 6.07) is 1.53. The molecule has 4 nitrogen and oxygen atoms in total. The summed E-state index contributed by atoms with van der Waals surface area (Å²) >= 11 is 7.50. The number of hydrogen-bond donors (Lipinski definition) is 2. The van der Waals surface area contributed by atoms with Gasteiger partial charge in [-0.3, -0.25) is 9.78 Å². The van der Waals surface area contributed by atoms with Gasteiger partial charge in [0.1, 0.15) is 0 Å². The zero-order chi connectivity index (χ0) is 12.7. The van der Waals surface area contributed by atoms with Crippen LogP contribution in [0, 0.1) is 0 Å². The molecule has 1 amide bonds. The maximum Gasteiger partial charge on any atom is 0.253 e. The van der Waals surface area contributed by atoms with E-state index in [4.69, 9.17) is 16.7 Å². The first-order valence-corrected chi connectivity index (χ1v) is 6.96. The molecule has 0 fully saturated rings. The van der Waals surface area contributed by atoms with Gasteiger partial charge >= 0.3 is 0 Å². The molecule has 0 aliphatic rings. The number of amides is 1. The van der Waals surface area contributed by atoms with Crippen molar-refractivity contribution in [1.82, 2.24) is 10.3 Å². The third-order valence-corrected chi connectivity index (χ3v) is 3.23. The van der Waals surface area contributed by atoms with Crippen molar-refractivity contribution in [1.29, 1.82) is 0 Å². The Bertz CT molecular complexity index is 370. The Hall–Kier alpha value is -0.780. The maximum atomic E-state index is 11.9. The number of nitrogens with one attached hydrogen (secondary N) is 1. The summed E-state index contributed by atoms with van der Waals surface area (Å²) in [7, 11) is 0. The van der Waals surface area contributed by atoms with Gasteiger partial charge in [0.15, 0.2) is 0 Å². The van der Waals surface area contributed by atoms with Gasteiger partial charge in [-0.05, 0) is 18.7 Å². The lowest BCUT2D eigenvalue weighted by Gasteiger charge is -2.16. The molecule has 0 aromatic carbocycles. The number of aliphatic hydroxyl groups is 1. The normalized spacial score (nSPS) is 12.2. The highest BCUT2D eigenvalue weighted by Gasteiger charge is 2.15. The summed E-state index contributed by atoms with van der Waals surface area (Å²) in [6.07, 6.45) is 5.45. The van der Waals surface area contributed by atoms with Gasteiger partial charge in [0.2, 0.25) is 0 Å². The Morgan fingerprint density at radius 2 is 2.47 bits per heavy atom. The van der Waals surface area contributed by atoms with Crippen molar-refractivity contribution in [2.24, 2.45) is 0 Å².